The summed E-state index contributed by atoms with van der Waals surface area (Å²) in [5.41, 5.74) is 2.71. The molecule has 2 aliphatic carbocycles. The fraction of sp³-hybridized carbons (Fsp3) is 0.269. The summed E-state index contributed by atoms with van der Waals surface area (Å²) in [6, 6.07) is 14.1. The van der Waals surface area contributed by atoms with Crippen LogP contribution in [-0.2, 0) is 24.5 Å². The van der Waals surface area contributed by atoms with Gasteiger partial charge in [-0.05, 0) is 37.1 Å². The third-order valence-electron chi connectivity index (χ3n) is 6.56. The monoisotopic (exact) mass is 507 g/mol. The fourth-order valence-corrected chi connectivity index (χ4v) is 5.72. The van der Waals surface area contributed by atoms with Crippen LogP contribution in [0.1, 0.15) is 30.3 Å². The number of allylic oxidation sites excluding steroid dienone is 1. The summed E-state index contributed by atoms with van der Waals surface area (Å²) in [4.78, 5) is 40.2. The summed E-state index contributed by atoms with van der Waals surface area (Å²) in [6.07, 6.45) is 1.67. The van der Waals surface area contributed by atoms with E-state index in [1.165, 1.54) is 31.6 Å². The van der Waals surface area contributed by atoms with Gasteiger partial charge in [-0.2, -0.15) is 0 Å². The van der Waals surface area contributed by atoms with Gasteiger partial charge in [-0.15, -0.1) is 11.3 Å². The summed E-state index contributed by atoms with van der Waals surface area (Å²) in [6.45, 7) is 3.73. The summed E-state index contributed by atoms with van der Waals surface area (Å²) < 4.78 is 10.3. The van der Waals surface area contributed by atoms with E-state index in [0.29, 0.717) is 16.3 Å². The van der Waals surface area contributed by atoms with Crippen molar-refractivity contribution < 1.29 is 24.0 Å². The molecule has 5 rings (SSSR count). The molecular weight excluding hydrogens is 482 g/mol. The summed E-state index contributed by atoms with van der Waals surface area (Å²) in [5, 5.41) is 15.9. The minimum atomic E-state index is -1.17. The summed E-state index contributed by atoms with van der Waals surface area (Å²) >= 11 is 1.40. The van der Waals surface area contributed by atoms with Crippen LogP contribution >= 0.6 is 11.3 Å². The standard InChI is InChI=1S/C20H22N2O4S.C6H3NO2/c1-12-15(18(23)25-3)16(17-21-10-11-27-17)20(13(2)22-12,19(24)26-4)14-8-6-5-7-9-14;8-7(9)6-2-1-4-3-5(4)6/h5-11,13,16,22H,1-4H3;1-3H. The Morgan fingerprint density at radius 1 is 1.14 bits per heavy atom. The van der Waals surface area contributed by atoms with Crippen molar-refractivity contribution in [1.82, 2.24) is 10.3 Å². The lowest BCUT2D eigenvalue weighted by Gasteiger charge is -2.47. The first-order valence-corrected chi connectivity index (χ1v) is 12.0. The molecular formula is C26H25N3O6S. The van der Waals surface area contributed by atoms with Crippen LogP contribution in [0, 0.1) is 10.1 Å². The molecule has 3 aliphatic rings. The predicted octanol–water partition coefficient (Wildman–Crippen LogP) is 4.35. The molecule has 0 saturated heterocycles. The van der Waals surface area contributed by atoms with E-state index < -0.39 is 23.3 Å². The fourth-order valence-electron chi connectivity index (χ4n) is 4.90. The smallest absolute Gasteiger partial charge is 0.336 e. The number of aromatic nitrogens is 1. The topological polar surface area (TPSA) is 121 Å². The van der Waals surface area contributed by atoms with Gasteiger partial charge in [-0.25, -0.2) is 9.78 Å². The van der Waals surface area contributed by atoms with Crippen LogP contribution in [0.15, 0.2) is 71.4 Å². The first-order valence-electron chi connectivity index (χ1n) is 11.1. The van der Waals surface area contributed by atoms with Crippen LogP contribution in [0.4, 0.5) is 5.69 Å². The molecule has 0 amide bonds. The lowest BCUT2D eigenvalue weighted by atomic mass is 9.61. The van der Waals surface area contributed by atoms with E-state index in [4.69, 9.17) is 9.47 Å². The number of nitrogens with one attached hydrogen (secondary N) is 1. The molecule has 3 unspecified atom stereocenters. The third kappa shape index (κ3) is 4.13. The maximum Gasteiger partial charge on any atom is 0.336 e. The van der Waals surface area contributed by atoms with Crippen LogP contribution in [0.2, 0.25) is 0 Å². The van der Waals surface area contributed by atoms with Gasteiger partial charge in [0.2, 0.25) is 0 Å². The number of nitro groups is 1. The van der Waals surface area contributed by atoms with Crippen LogP contribution < -0.4 is 5.32 Å². The second-order valence-electron chi connectivity index (χ2n) is 8.42. The van der Waals surface area contributed by atoms with Crippen LogP contribution in [0.3, 0.4) is 0 Å². The Labute approximate surface area is 211 Å². The number of esters is 2. The Kier molecular flexibility index (Phi) is 6.89. The molecule has 2 aromatic rings. The average Bonchev–Trinajstić information content (AvgIpc) is 3.25. The number of benzene rings is 2. The molecule has 0 fully saturated rings. The van der Waals surface area contributed by atoms with E-state index >= 15 is 0 Å². The van der Waals surface area contributed by atoms with Gasteiger partial charge in [0.1, 0.15) is 10.4 Å². The minimum Gasteiger partial charge on any atom is -0.468 e. The Balaban J connectivity index is 0.000000280. The number of hydrogen-bond donors (Lipinski definition) is 1. The van der Waals surface area contributed by atoms with E-state index in [0.717, 1.165) is 16.7 Å². The highest BCUT2D eigenvalue weighted by Crippen LogP contribution is 2.51. The molecule has 1 aliphatic heterocycles. The van der Waals surface area contributed by atoms with Crippen molar-refractivity contribution in [2.75, 3.05) is 14.2 Å². The van der Waals surface area contributed by atoms with Crippen molar-refractivity contribution in [1.29, 1.82) is 0 Å². The van der Waals surface area contributed by atoms with Gasteiger partial charge in [0.15, 0.2) is 0 Å². The van der Waals surface area contributed by atoms with Crippen molar-refractivity contribution in [2.24, 2.45) is 0 Å². The zero-order valence-corrected chi connectivity index (χ0v) is 21.0. The Morgan fingerprint density at radius 3 is 2.33 bits per heavy atom. The average molecular weight is 508 g/mol. The second kappa shape index (κ2) is 9.90. The highest BCUT2D eigenvalue weighted by Gasteiger charge is 2.59. The first kappa shape index (κ1) is 25.1. The Hall–Kier alpha value is -4.05. The summed E-state index contributed by atoms with van der Waals surface area (Å²) in [7, 11) is 2.70. The Morgan fingerprint density at radius 2 is 1.86 bits per heavy atom. The lowest BCUT2D eigenvalue weighted by molar-refractivity contribution is -0.383. The molecule has 1 aromatic heterocycles. The number of carbonyl (C=O) groups excluding carboxylic acids is 2. The second-order valence-corrected chi connectivity index (χ2v) is 9.34. The maximum absolute atomic E-state index is 13.3. The maximum atomic E-state index is 13.3. The van der Waals surface area contributed by atoms with E-state index in [-0.39, 0.29) is 16.7 Å². The number of hydrogen-bond acceptors (Lipinski definition) is 9. The van der Waals surface area contributed by atoms with Crippen molar-refractivity contribution in [2.45, 2.75) is 31.2 Å². The quantitative estimate of drug-likeness (QED) is 0.240. The van der Waals surface area contributed by atoms with Crippen LogP contribution in [0.25, 0.3) is 11.1 Å². The van der Waals surface area contributed by atoms with Gasteiger partial charge in [-0.3, -0.25) is 14.9 Å². The SMILES string of the molecule is COC(=O)C1=C(C)NC(C)C(C(=O)OC)(c2ccccc2)C1c1nccs1.O=[N+]([O-])c1ccc2cc1-2. The number of fused-ring (bicyclic) bond motifs is 1. The molecule has 0 bridgehead atoms. The molecule has 0 radical (unpaired) electrons. The van der Waals surface area contributed by atoms with Crippen molar-refractivity contribution >= 4 is 29.0 Å². The molecule has 3 atom stereocenters. The predicted molar refractivity (Wildman–Crippen MR) is 134 cm³/mol. The number of methoxy groups -OCH3 is 2. The van der Waals surface area contributed by atoms with E-state index in [1.54, 1.807) is 18.3 Å². The van der Waals surface area contributed by atoms with E-state index in [9.17, 15) is 19.7 Å². The molecule has 0 spiro atoms. The van der Waals surface area contributed by atoms with Crippen LogP contribution in [-0.4, -0.2) is 42.1 Å². The van der Waals surface area contributed by atoms with Gasteiger partial charge >= 0.3 is 11.9 Å². The lowest BCUT2D eigenvalue weighted by Crippen LogP contribution is -2.60. The number of thiazole rings is 1. The van der Waals surface area contributed by atoms with Gasteiger partial charge in [0, 0.05) is 29.4 Å². The zero-order chi connectivity index (χ0) is 26.0. The normalized spacial score (nSPS) is 21.4. The molecule has 1 N–H and O–H groups in total. The van der Waals surface area contributed by atoms with Gasteiger partial charge < -0.3 is 14.8 Å². The van der Waals surface area contributed by atoms with E-state index in [2.05, 4.69) is 10.3 Å². The van der Waals surface area contributed by atoms with Crippen molar-refractivity contribution in [3.63, 3.8) is 0 Å². The highest BCUT2D eigenvalue weighted by atomic mass is 32.1. The number of nitrogens with zero attached hydrogens (tertiary/aromatic N) is 2. The van der Waals surface area contributed by atoms with Gasteiger partial charge in [-0.1, -0.05) is 30.3 Å². The Bertz CT molecular complexity index is 1340. The minimum absolute atomic E-state index is 0.241. The summed E-state index contributed by atoms with van der Waals surface area (Å²) in [5.74, 6) is -1.55. The molecule has 10 heteroatoms. The molecule has 36 heavy (non-hydrogen) atoms. The third-order valence-corrected chi connectivity index (χ3v) is 7.40. The van der Waals surface area contributed by atoms with Gasteiger partial charge in [0.05, 0.1) is 36.2 Å². The first-order chi connectivity index (χ1) is 17.3. The number of rotatable bonds is 5. The number of ether oxygens (including phenoxy) is 2. The molecule has 2 heterocycles. The van der Waals surface area contributed by atoms with Crippen molar-refractivity contribution in [3.05, 3.63) is 92.1 Å². The molecule has 0 saturated carbocycles. The largest absolute Gasteiger partial charge is 0.468 e. The van der Waals surface area contributed by atoms with Crippen LogP contribution in [0.5, 0.6) is 0 Å². The van der Waals surface area contributed by atoms with Gasteiger partial charge in [0.25, 0.3) is 5.69 Å². The molecule has 1 aromatic carbocycles. The zero-order valence-electron chi connectivity index (χ0n) is 20.2. The highest BCUT2D eigenvalue weighted by molar-refractivity contribution is 7.09. The number of carbonyl (C=O) groups is 2. The number of nitro benzene ring substituents is 1. The molecule has 186 valence electrons. The van der Waals surface area contributed by atoms with Crippen molar-refractivity contribution in [3.8, 4) is 11.1 Å². The van der Waals surface area contributed by atoms with E-state index in [1.807, 2.05) is 49.6 Å². The molecule has 9 nitrogen and oxygen atoms in total.